The molecule has 0 saturated heterocycles. The predicted molar refractivity (Wildman–Crippen MR) is 81.4 cm³/mol. The van der Waals surface area contributed by atoms with Gasteiger partial charge in [-0.25, -0.2) is 4.68 Å². The maximum absolute atomic E-state index is 5.94. The molecule has 3 aromatic rings. The van der Waals surface area contributed by atoms with Gasteiger partial charge in [-0.2, -0.15) is 0 Å². The van der Waals surface area contributed by atoms with Crippen molar-refractivity contribution in [1.29, 1.82) is 0 Å². The Morgan fingerprint density at radius 2 is 1.89 bits per heavy atom. The normalized spacial score (nSPS) is 11.2. The number of nitrogens with zero attached hydrogens (tertiary/aromatic N) is 3. The summed E-state index contributed by atoms with van der Waals surface area (Å²) in [6.45, 7) is 2.06. The fourth-order valence-electron chi connectivity index (χ4n) is 2.25. The molecule has 0 spiro atoms. The highest BCUT2D eigenvalue weighted by atomic mass is 79.9. The third kappa shape index (κ3) is 2.05. The number of halogens is 2. The minimum Gasteiger partial charge on any atom is -0.248 e. The van der Waals surface area contributed by atoms with Crippen LogP contribution in [0, 0.1) is 6.92 Å². The second-order valence-electron chi connectivity index (χ2n) is 4.45. The van der Waals surface area contributed by atoms with E-state index in [1.807, 2.05) is 37.4 Å². The third-order valence-corrected chi connectivity index (χ3v) is 4.11. The first-order chi connectivity index (χ1) is 9.08. The molecule has 0 aliphatic heterocycles. The Balaban J connectivity index is 2.32. The first-order valence-electron chi connectivity index (χ1n) is 5.82. The van der Waals surface area contributed by atoms with Crippen LogP contribution in [0.5, 0.6) is 0 Å². The molecule has 0 aliphatic carbocycles. The molecular formula is C14H11BrClN3. The number of hydrogen-bond donors (Lipinski definition) is 0. The maximum atomic E-state index is 5.94. The lowest BCUT2D eigenvalue weighted by molar-refractivity contribution is 0.736. The van der Waals surface area contributed by atoms with Gasteiger partial charge in [0.25, 0.3) is 0 Å². The summed E-state index contributed by atoms with van der Waals surface area (Å²) in [7, 11) is 1.89. The molecule has 19 heavy (non-hydrogen) atoms. The van der Waals surface area contributed by atoms with Crippen molar-refractivity contribution in [1.82, 2.24) is 15.0 Å². The highest BCUT2D eigenvalue weighted by Gasteiger charge is 2.14. The zero-order chi connectivity index (χ0) is 13.6. The fourth-order valence-corrected chi connectivity index (χ4v) is 3.12. The summed E-state index contributed by atoms with van der Waals surface area (Å²) in [5.41, 5.74) is 5.29. The van der Waals surface area contributed by atoms with Crippen molar-refractivity contribution >= 4 is 38.6 Å². The van der Waals surface area contributed by atoms with Gasteiger partial charge in [0.1, 0.15) is 5.52 Å². The Morgan fingerprint density at radius 3 is 2.58 bits per heavy atom. The monoisotopic (exact) mass is 335 g/mol. The SMILES string of the molecule is Cc1c(-c2ccc(Cl)cc2)c(Br)cc2c1nnn2C. The highest BCUT2D eigenvalue weighted by Crippen LogP contribution is 2.36. The van der Waals surface area contributed by atoms with Gasteiger partial charge in [0.15, 0.2) is 0 Å². The number of aromatic nitrogens is 3. The maximum Gasteiger partial charge on any atom is 0.116 e. The van der Waals surface area contributed by atoms with Gasteiger partial charge in [-0.1, -0.05) is 44.9 Å². The molecule has 1 heterocycles. The number of benzene rings is 2. The van der Waals surface area contributed by atoms with Crippen molar-refractivity contribution < 1.29 is 0 Å². The van der Waals surface area contributed by atoms with Crippen LogP contribution < -0.4 is 0 Å². The van der Waals surface area contributed by atoms with Crippen LogP contribution >= 0.6 is 27.5 Å². The molecule has 5 heteroatoms. The van der Waals surface area contributed by atoms with Gasteiger partial charge in [0.2, 0.25) is 0 Å². The second-order valence-corrected chi connectivity index (χ2v) is 5.74. The molecule has 0 aliphatic rings. The van der Waals surface area contributed by atoms with Gasteiger partial charge < -0.3 is 0 Å². The minimum atomic E-state index is 0.734. The topological polar surface area (TPSA) is 30.7 Å². The highest BCUT2D eigenvalue weighted by molar-refractivity contribution is 9.10. The zero-order valence-corrected chi connectivity index (χ0v) is 12.8. The third-order valence-electron chi connectivity index (χ3n) is 3.24. The molecule has 0 N–H and O–H groups in total. The van der Waals surface area contributed by atoms with Crippen molar-refractivity contribution in [3.63, 3.8) is 0 Å². The Bertz CT molecular complexity index is 762. The molecule has 0 saturated carbocycles. The van der Waals surface area contributed by atoms with Crippen molar-refractivity contribution in [2.45, 2.75) is 6.92 Å². The summed E-state index contributed by atoms with van der Waals surface area (Å²) in [6, 6.07) is 9.86. The smallest absolute Gasteiger partial charge is 0.116 e. The quantitative estimate of drug-likeness (QED) is 0.661. The Hall–Kier alpha value is -1.39. The Morgan fingerprint density at radius 1 is 1.21 bits per heavy atom. The number of aryl methyl sites for hydroxylation is 2. The van der Waals surface area contributed by atoms with Gasteiger partial charge in [0, 0.05) is 22.1 Å². The van der Waals surface area contributed by atoms with E-state index < -0.39 is 0 Å². The number of fused-ring (bicyclic) bond motifs is 1. The van der Waals surface area contributed by atoms with E-state index in [4.69, 9.17) is 11.6 Å². The first kappa shape index (κ1) is 12.6. The van der Waals surface area contributed by atoms with Crippen LogP contribution in [0.3, 0.4) is 0 Å². The van der Waals surface area contributed by atoms with E-state index in [0.29, 0.717) is 0 Å². The van der Waals surface area contributed by atoms with Gasteiger partial charge in [-0.05, 0) is 36.2 Å². The molecule has 3 nitrogen and oxygen atoms in total. The molecule has 1 aromatic heterocycles. The van der Waals surface area contributed by atoms with Crippen LogP contribution in [0.15, 0.2) is 34.8 Å². The van der Waals surface area contributed by atoms with E-state index in [-0.39, 0.29) is 0 Å². The van der Waals surface area contributed by atoms with E-state index in [9.17, 15) is 0 Å². The molecule has 0 unspecified atom stereocenters. The van der Waals surface area contributed by atoms with Gasteiger partial charge in [0.05, 0.1) is 5.52 Å². The Kier molecular flexibility index (Phi) is 3.07. The average Bonchev–Trinajstić information content (AvgIpc) is 2.74. The standard InChI is InChI=1S/C14H11BrClN3/c1-8-13(9-3-5-10(16)6-4-9)11(15)7-12-14(8)17-18-19(12)2/h3-7H,1-2H3. The summed E-state index contributed by atoms with van der Waals surface area (Å²) >= 11 is 9.58. The van der Waals surface area contributed by atoms with Crippen LogP contribution in [0.25, 0.3) is 22.2 Å². The van der Waals surface area contributed by atoms with Crippen LogP contribution in [-0.2, 0) is 7.05 Å². The molecule has 0 radical (unpaired) electrons. The van der Waals surface area contributed by atoms with Gasteiger partial charge in [-0.3, -0.25) is 0 Å². The van der Waals surface area contributed by atoms with E-state index in [1.165, 1.54) is 0 Å². The van der Waals surface area contributed by atoms with E-state index >= 15 is 0 Å². The molecule has 0 atom stereocenters. The summed E-state index contributed by atoms with van der Waals surface area (Å²) in [4.78, 5) is 0. The van der Waals surface area contributed by atoms with Crippen molar-refractivity contribution in [3.05, 3.63) is 45.4 Å². The lowest BCUT2D eigenvalue weighted by atomic mass is 9.99. The first-order valence-corrected chi connectivity index (χ1v) is 6.99. The van der Waals surface area contributed by atoms with Gasteiger partial charge >= 0.3 is 0 Å². The lowest BCUT2D eigenvalue weighted by Crippen LogP contribution is -1.91. The summed E-state index contributed by atoms with van der Waals surface area (Å²) in [5, 5.41) is 9.03. The predicted octanol–water partition coefficient (Wildman–Crippen LogP) is 4.36. The van der Waals surface area contributed by atoms with E-state index in [2.05, 4.69) is 33.2 Å². The zero-order valence-electron chi connectivity index (χ0n) is 10.5. The molecule has 3 rings (SSSR count). The molecule has 0 amide bonds. The van der Waals surface area contributed by atoms with E-state index in [0.717, 1.165) is 37.2 Å². The largest absolute Gasteiger partial charge is 0.248 e. The number of rotatable bonds is 1. The molecule has 2 aromatic carbocycles. The second kappa shape index (κ2) is 4.62. The fraction of sp³-hybridized carbons (Fsp3) is 0.143. The van der Waals surface area contributed by atoms with Crippen LogP contribution in [0.4, 0.5) is 0 Å². The summed E-state index contributed by atoms with van der Waals surface area (Å²) < 4.78 is 2.81. The van der Waals surface area contributed by atoms with Crippen molar-refractivity contribution in [2.24, 2.45) is 7.05 Å². The van der Waals surface area contributed by atoms with Crippen LogP contribution in [-0.4, -0.2) is 15.0 Å². The van der Waals surface area contributed by atoms with Crippen molar-refractivity contribution in [2.75, 3.05) is 0 Å². The van der Waals surface area contributed by atoms with Crippen molar-refractivity contribution in [3.8, 4) is 11.1 Å². The average molecular weight is 337 g/mol. The summed E-state index contributed by atoms with van der Waals surface area (Å²) in [6.07, 6.45) is 0. The van der Waals surface area contributed by atoms with Gasteiger partial charge in [-0.15, -0.1) is 5.10 Å². The molecule has 0 bridgehead atoms. The van der Waals surface area contributed by atoms with Crippen LogP contribution in [0.1, 0.15) is 5.56 Å². The number of hydrogen-bond acceptors (Lipinski definition) is 2. The molecular weight excluding hydrogens is 326 g/mol. The molecule has 0 fully saturated rings. The van der Waals surface area contributed by atoms with Crippen LogP contribution in [0.2, 0.25) is 5.02 Å². The van der Waals surface area contributed by atoms with E-state index in [1.54, 1.807) is 4.68 Å². The molecule has 96 valence electrons. The minimum absolute atomic E-state index is 0.734. The Labute approximate surface area is 124 Å². The lowest BCUT2D eigenvalue weighted by Gasteiger charge is -2.10. The summed E-state index contributed by atoms with van der Waals surface area (Å²) in [5.74, 6) is 0.